The van der Waals surface area contributed by atoms with Gasteiger partial charge in [-0.05, 0) is 31.6 Å². The van der Waals surface area contributed by atoms with Gasteiger partial charge in [-0.3, -0.25) is 19.5 Å². The summed E-state index contributed by atoms with van der Waals surface area (Å²) in [5.41, 5.74) is 6.40. The van der Waals surface area contributed by atoms with Gasteiger partial charge in [-0.25, -0.2) is 0 Å². The minimum Gasteiger partial charge on any atom is -0.364 e. The summed E-state index contributed by atoms with van der Waals surface area (Å²) in [6.45, 7) is 3.86. The van der Waals surface area contributed by atoms with Gasteiger partial charge in [0.2, 0.25) is 11.8 Å². The molecule has 132 valence electrons. The molecule has 24 heavy (non-hydrogen) atoms. The molecule has 5 N–H and O–H groups in total. The summed E-state index contributed by atoms with van der Waals surface area (Å²) in [4.78, 5) is 35.0. The van der Waals surface area contributed by atoms with Crippen LogP contribution in [-0.4, -0.2) is 34.0 Å². The number of nitrogens with one attached hydrogen (secondary N) is 3. The summed E-state index contributed by atoms with van der Waals surface area (Å²) in [6, 6.07) is 0.153. The Kier molecular flexibility index (Phi) is 5.94. The highest BCUT2D eigenvalue weighted by atomic mass is 16.2. The molecule has 0 bridgehead atoms. The van der Waals surface area contributed by atoms with Gasteiger partial charge < -0.3 is 16.4 Å². The van der Waals surface area contributed by atoms with Crippen LogP contribution in [0.3, 0.4) is 0 Å². The van der Waals surface area contributed by atoms with Gasteiger partial charge in [-0.15, -0.1) is 0 Å². The van der Waals surface area contributed by atoms with E-state index >= 15 is 0 Å². The SMILES string of the molecule is CC(C)c1[nH]nc(C(N)=O)c1NC(=O)CCCC1CCCC(=O)N1. The van der Waals surface area contributed by atoms with Gasteiger partial charge in [0.1, 0.15) is 0 Å². The van der Waals surface area contributed by atoms with Crippen molar-refractivity contribution in [2.24, 2.45) is 5.73 Å². The fourth-order valence-electron chi connectivity index (χ4n) is 2.89. The number of nitrogens with zero attached hydrogens (tertiary/aromatic N) is 1. The minimum absolute atomic E-state index is 0.0478. The zero-order chi connectivity index (χ0) is 17.7. The number of primary amides is 1. The molecule has 1 unspecified atom stereocenters. The van der Waals surface area contributed by atoms with Crippen LogP contribution in [0.4, 0.5) is 5.69 Å². The average molecular weight is 335 g/mol. The lowest BCUT2D eigenvalue weighted by Crippen LogP contribution is -2.38. The number of carbonyl (C=O) groups is 3. The molecule has 1 atom stereocenters. The number of rotatable bonds is 7. The lowest BCUT2D eigenvalue weighted by atomic mass is 9.99. The predicted octanol–water partition coefficient (Wildman–Crippen LogP) is 1.41. The van der Waals surface area contributed by atoms with Crippen molar-refractivity contribution < 1.29 is 14.4 Å². The molecule has 1 aliphatic heterocycles. The van der Waals surface area contributed by atoms with Crippen LogP contribution < -0.4 is 16.4 Å². The number of amides is 3. The third-order valence-electron chi connectivity index (χ3n) is 4.15. The maximum atomic E-state index is 12.2. The first-order valence-corrected chi connectivity index (χ1v) is 8.35. The van der Waals surface area contributed by atoms with E-state index in [-0.39, 0.29) is 29.5 Å². The fraction of sp³-hybridized carbons (Fsp3) is 0.625. The Bertz CT molecular complexity index is 623. The molecular formula is C16H25N5O3. The van der Waals surface area contributed by atoms with E-state index in [1.165, 1.54) is 0 Å². The van der Waals surface area contributed by atoms with Crippen LogP contribution >= 0.6 is 0 Å². The van der Waals surface area contributed by atoms with E-state index in [1.54, 1.807) is 0 Å². The van der Waals surface area contributed by atoms with E-state index in [0.717, 1.165) is 19.3 Å². The van der Waals surface area contributed by atoms with Gasteiger partial charge in [0.05, 0.1) is 11.4 Å². The minimum atomic E-state index is -0.682. The van der Waals surface area contributed by atoms with E-state index < -0.39 is 5.91 Å². The average Bonchev–Trinajstić information content (AvgIpc) is 2.91. The second-order valence-electron chi connectivity index (χ2n) is 6.48. The van der Waals surface area contributed by atoms with Crippen molar-refractivity contribution >= 4 is 23.4 Å². The molecule has 2 rings (SSSR count). The molecule has 0 aromatic carbocycles. The summed E-state index contributed by atoms with van der Waals surface area (Å²) < 4.78 is 0. The fourth-order valence-corrected chi connectivity index (χ4v) is 2.89. The number of anilines is 1. The van der Waals surface area contributed by atoms with Crippen LogP contribution in [0.25, 0.3) is 0 Å². The van der Waals surface area contributed by atoms with Crippen LogP contribution in [0.2, 0.25) is 0 Å². The number of aromatic amines is 1. The Labute approximate surface area is 140 Å². The summed E-state index contributed by atoms with van der Waals surface area (Å²) in [5, 5.41) is 12.3. The maximum Gasteiger partial charge on any atom is 0.271 e. The first-order valence-electron chi connectivity index (χ1n) is 8.35. The Balaban J connectivity index is 1.89. The van der Waals surface area contributed by atoms with Crippen molar-refractivity contribution in [3.8, 4) is 0 Å². The monoisotopic (exact) mass is 335 g/mol. The highest BCUT2D eigenvalue weighted by Gasteiger charge is 2.22. The Morgan fingerprint density at radius 2 is 2.17 bits per heavy atom. The zero-order valence-electron chi connectivity index (χ0n) is 14.1. The standard InChI is InChI=1S/C16H25N5O3/c1-9(2)13-14(15(16(17)24)21-20-13)19-12(23)8-4-6-10-5-3-7-11(22)18-10/h9-10H,3-8H2,1-2H3,(H2,17,24)(H,18,22)(H,19,23)(H,20,21). The van der Waals surface area contributed by atoms with Crippen LogP contribution in [0.5, 0.6) is 0 Å². The van der Waals surface area contributed by atoms with Gasteiger partial charge in [-0.2, -0.15) is 5.10 Å². The van der Waals surface area contributed by atoms with E-state index in [4.69, 9.17) is 5.73 Å². The summed E-state index contributed by atoms with van der Waals surface area (Å²) in [7, 11) is 0. The van der Waals surface area contributed by atoms with Crippen LogP contribution in [0.1, 0.15) is 74.5 Å². The topological polar surface area (TPSA) is 130 Å². The smallest absolute Gasteiger partial charge is 0.271 e. The van der Waals surface area contributed by atoms with Gasteiger partial charge in [0.15, 0.2) is 5.69 Å². The van der Waals surface area contributed by atoms with Crippen molar-refractivity contribution in [2.75, 3.05) is 5.32 Å². The number of hydrogen-bond donors (Lipinski definition) is 4. The molecule has 0 radical (unpaired) electrons. The van der Waals surface area contributed by atoms with Crippen LogP contribution in [0, 0.1) is 0 Å². The Morgan fingerprint density at radius 1 is 1.42 bits per heavy atom. The molecule has 0 spiro atoms. The normalized spacial score (nSPS) is 17.6. The predicted molar refractivity (Wildman–Crippen MR) is 89.5 cm³/mol. The van der Waals surface area contributed by atoms with Crippen molar-refractivity contribution in [3.63, 3.8) is 0 Å². The highest BCUT2D eigenvalue weighted by Crippen LogP contribution is 2.25. The largest absolute Gasteiger partial charge is 0.364 e. The molecule has 0 aliphatic carbocycles. The molecule has 0 saturated carbocycles. The van der Waals surface area contributed by atoms with E-state index in [2.05, 4.69) is 20.8 Å². The number of hydrogen-bond acceptors (Lipinski definition) is 4. The molecule has 1 saturated heterocycles. The Hall–Kier alpha value is -2.38. The first kappa shape index (κ1) is 18.0. The van der Waals surface area contributed by atoms with E-state index in [1.807, 2.05) is 13.8 Å². The quantitative estimate of drug-likeness (QED) is 0.600. The summed E-state index contributed by atoms with van der Waals surface area (Å²) >= 11 is 0. The molecule has 8 nitrogen and oxygen atoms in total. The molecule has 1 aliphatic rings. The highest BCUT2D eigenvalue weighted by molar-refractivity contribution is 6.02. The first-order chi connectivity index (χ1) is 11.4. The molecule has 1 fully saturated rings. The molecule has 8 heteroatoms. The van der Waals surface area contributed by atoms with Gasteiger partial charge in [0, 0.05) is 18.9 Å². The second kappa shape index (κ2) is 7.94. The third-order valence-corrected chi connectivity index (χ3v) is 4.15. The van der Waals surface area contributed by atoms with Crippen molar-refractivity contribution in [1.82, 2.24) is 15.5 Å². The zero-order valence-corrected chi connectivity index (χ0v) is 14.1. The molecule has 1 aromatic rings. The van der Waals surface area contributed by atoms with Gasteiger partial charge in [0.25, 0.3) is 5.91 Å². The van der Waals surface area contributed by atoms with Gasteiger partial charge in [-0.1, -0.05) is 13.8 Å². The number of piperidine rings is 1. The lowest BCUT2D eigenvalue weighted by Gasteiger charge is -2.22. The number of nitrogens with two attached hydrogens (primary N) is 1. The summed E-state index contributed by atoms with van der Waals surface area (Å²) in [5.74, 6) is -0.721. The third kappa shape index (κ3) is 4.56. The van der Waals surface area contributed by atoms with Crippen molar-refractivity contribution in [1.29, 1.82) is 0 Å². The van der Waals surface area contributed by atoms with Crippen molar-refractivity contribution in [2.45, 2.75) is 64.3 Å². The van der Waals surface area contributed by atoms with E-state index in [0.29, 0.717) is 30.6 Å². The maximum absolute atomic E-state index is 12.2. The number of carbonyl (C=O) groups excluding carboxylic acids is 3. The number of aromatic nitrogens is 2. The van der Waals surface area contributed by atoms with E-state index in [9.17, 15) is 14.4 Å². The second-order valence-corrected chi connectivity index (χ2v) is 6.48. The Morgan fingerprint density at radius 3 is 2.79 bits per heavy atom. The molecule has 3 amide bonds. The lowest BCUT2D eigenvalue weighted by molar-refractivity contribution is -0.123. The molecule has 2 heterocycles. The number of H-pyrrole nitrogens is 1. The van der Waals surface area contributed by atoms with Crippen LogP contribution in [0.15, 0.2) is 0 Å². The van der Waals surface area contributed by atoms with Crippen LogP contribution in [-0.2, 0) is 9.59 Å². The molecular weight excluding hydrogens is 310 g/mol. The van der Waals surface area contributed by atoms with Crippen molar-refractivity contribution in [3.05, 3.63) is 11.4 Å². The van der Waals surface area contributed by atoms with Gasteiger partial charge >= 0.3 is 0 Å². The molecule has 1 aromatic heterocycles. The summed E-state index contributed by atoms with van der Waals surface area (Å²) in [6.07, 6.45) is 4.19.